The lowest BCUT2D eigenvalue weighted by Gasteiger charge is -2.13. The average Bonchev–Trinajstić information content (AvgIpc) is 2.34. The van der Waals surface area contributed by atoms with E-state index in [1.54, 1.807) is 12.1 Å². The standard InChI is InChI=1S/C12H15FO4/c1-16-10-6-8(3-4-11(14)15)5-9(7-13)12(10)17-2/h5-6H,3-4,7H2,1-2H3,(H,14,15). The number of hydrogen-bond acceptors (Lipinski definition) is 3. The Bertz CT molecular complexity index is 378. The largest absolute Gasteiger partial charge is 0.493 e. The van der Waals surface area contributed by atoms with Crippen molar-refractivity contribution in [1.29, 1.82) is 0 Å². The van der Waals surface area contributed by atoms with Crippen LogP contribution in [0.15, 0.2) is 12.1 Å². The van der Waals surface area contributed by atoms with Crippen molar-refractivity contribution in [2.75, 3.05) is 14.2 Å². The first-order valence-corrected chi connectivity index (χ1v) is 5.14. The molecule has 1 aromatic rings. The summed E-state index contributed by atoms with van der Waals surface area (Å²) in [6, 6.07) is 3.27. The Kier molecular flexibility index (Phi) is 4.75. The molecule has 1 N–H and O–H groups in total. The third-order valence-corrected chi connectivity index (χ3v) is 2.39. The van der Waals surface area contributed by atoms with E-state index in [0.29, 0.717) is 23.5 Å². The maximum Gasteiger partial charge on any atom is 0.303 e. The minimum Gasteiger partial charge on any atom is -0.493 e. The molecule has 0 atom stereocenters. The van der Waals surface area contributed by atoms with Crippen molar-refractivity contribution in [3.63, 3.8) is 0 Å². The molecule has 0 radical (unpaired) electrons. The SMILES string of the molecule is COc1cc(CCC(=O)O)cc(CF)c1OC. The molecule has 0 aliphatic heterocycles. The van der Waals surface area contributed by atoms with Crippen LogP contribution in [0.1, 0.15) is 17.5 Å². The predicted octanol–water partition coefficient (Wildman–Crippen LogP) is 2.19. The third kappa shape index (κ3) is 3.34. The first kappa shape index (κ1) is 13.3. The number of rotatable bonds is 6. The number of carbonyl (C=O) groups is 1. The highest BCUT2D eigenvalue weighted by atomic mass is 19.1. The highest BCUT2D eigenvalue weighted by Crippen LogP contribution is 2.33. The number of ether oxygens (including phenoxy) is 2. The van der Waals surface area contributed by atoms with Gasteiger partial charge in [0.1, 0.15) is 6.67 Å². The van der Waals surface area contributed by atoms with Crippen molar-refractivity contribution in [3.05, 3.63) is 23.3 Å². The molecular formula is C12H15FO4. The van der Waals surface area contributed by atoms with Gasteiger partial charge in [-0.25, -0.2) is 4.39 Å². The molecule has 0 bridgehead atoms. The lowest BCUT2D eigenvalue weighted by molar-refractivity contribution is -0.136. The van der Waals surface area contributed by atoms with Crippen molar-refractivity contribution < 1.29 is 23.8 Å². The smallest absolute Gasteiger partial charge is 0.303 e. The summed E-state index contributed by atoms with van der Waals surface area (Å²) in [6.45, 7) is -0.680. The Morgan fingerprint density at radius 1 is 1.35 bits per heavy atom. The van der Waals surface area contributed by atoms with Crippen molar-refractivity contribution in [1.82, 2.24) is 0 Å². The van der Waals surface area contributed by atoms with Crippen LogP contribution in [0.2, 0.25) is 0 Å². The number of hydrogen-bond donors (Lipinski definition) is 1. The van der Waals surface area contributed by atoms with Gasteiger partial charge < -0.3 is 14.6 Å². The molecular weight excluding hydrogens is 227 g/mol. The van der Waals surface area contributed by atoms with E-state index in [1.807, 2.05) is 0 Å². The Morgan fingerprint density at radius 2 is 2.06 bits per heavy atom. The molecule has 0 aliphatic rings. The molecule has 5 heteroatoms. The second-order valence-electron chi connectivity index (χ2n) is 3.52. The van der Waals surface area contributed by atoms with Gasteiger partial charge in [0.05, 0.1) is 14.2 Å². The van der Waals surface area contributed by atoms with Crippen molar-refractivity contribution in [2.45, 2.75) is 19.5 Å². The number of benzene rings is 1. The molecule has 94 valence electrons. The first-order valence-electron chi connectivity index (χ1n) is 5.14. The molecule has 0 saturated carbocycles. The predicted molar refractivity (Wildman–Crippen MR) is 60.3 cm³/mol. The maximum absolute atomic E-state index is 12.8. The van der Waals surface area contributed by atoms with Gasteiger partial charge in [-0.1, -0.05) is 0 Å². The molecule has 0 fully saturated rings. The molecule has 0 spiro atoms. The normalized spacial score (nSPS) is 10.1. The molecule has 0 amide bonds. The number of aryl methyl sites for hydroxylation is 1. The van der Waals surface area contributed by atoms with Crippen molar-refractivity contribution in [3.8, 4) is 11.5 Å². The lowest BCUT2D eigenvalue weighted by atomic mass is 10.0. The van der Waals surface area contributed by atoms with Gasteiger partial charge in [0.2, 0.25) is 0 Å². The Labute approximate surface area is 99.0 Å². The number of carboxylic acid groups (broad SMARTS) is 1. The molecule has 1 rings (SSSR count). The van der Waals surface area contributed by atoms with Crippen LogP contribution >= 0.6 is 0 Å². The quantitative estimate of drug-likeness (QED) is 0.830. The van der Waals surface area contributed by atoms with Crippen LogP contribution in [0.4, 0.5) is 4.39 Å². The topological polar surface area (TPSA) is 55.8 Å². The van der Waals surface area contributed by atoms with Crippen LogP contribution in [-0.4, -0.2) is 25.3 Å². The fraction of sp³-hybridized carbons (Fsp3) is 0.417. The number of methoxy groups -OCH3 is 2. The lowest BCUT2D eigenvalue weighted by Crippen LogP contribution is -2.01. The second kappa shape index (κ2) is 6.08. The van der Waals surface area contributed by atoms with Crippen LogP contribution in [0.25, 0.3) is 0 Å². The average molecular weight is 242 g/mol. The molecule has 0 aromatic heterocycles. The highest BCUT2D eigenvalue weighted by Gasteiger charge is 2.12. The summed E-state index contributed by atoms with van der Waals surface area (Å²) >= 11 is 0. The minimum atomic E-state index is -0.887. The van der Waals surface area contributed by atoms with Gasteiger partial charge in [0, 0.05) is 12.0 Å². The van der Waals surface area contributed by atoms with E-state index >= 15 is 0 Å². The zero-order chi connectivity index (χ0) is 12.8. The van der Waals surface area contributed by atoms with Crippen LogP contribution in [0.5, 0.6) is 11.5 Å². The van der Waals surface area contributed by atoms with Gasteiger partial charge >= 0.3 is 5.97 Å². The Balaban J connectivity index is 3.04. The van der Waals surface area contributed by atoms with Crippen LogP contribution in [-0.2, 0) is 17.9 Å². The molecule has 17 heavy (non-hydrogen) atoms. The summed E-state index contributed by atoms with van der Waals surface area (Å²) in [5, 5.41) is 8.60. The van der Waals surface area contributed by atoms with E-state index in [-0.39, 0.29) is 6.42 Å². The van der Waals surface area contributed by atoms with E-state index in [2.05, 4.69) is 0 Å². The van der Waals surface area contributed by atoms with E-state index in [1.165, 1.54) is 14.2 Å². The Hall–Kier alpha value is -1.78. The number of alkyl halides is 1. The number of halogens is 1. The zero-order valence-corrected chi connectivity index (χ0v) is 9.83. The maximum atomic E-state index is 12.8. The zero-order valence-electron chi connectivity index (χ0n) is 9.83. The number of carboxylic acids is 1. The molecule has 1 aromatic carbocycles. The van der Waals surface area contributed by atoms with Crippen LogP contribution in [0, 0.1) is 0 Å². The van der Waals surface area contributed by atoms with Gasteiger partial charge in [0.25, 0.3) is 0 Å². The first-order chi connectivity index (χ1) is 8.12. The molecule has 4 nitrogen and oxygen atoms in total. The molecule has 0 saturated heterocycles. The third-order valence-electron chi connectivity index (χ3n) is 2.39. The fourth-order valence-electron chi connectivity index (χ4n) is 1.60. The molecule has 0 aliphatic carbocycles. The Morgan fingerprint density at radius 3 is 2.53 bits per heavy atom. The van der Waals surface area contributed by atoms with Gasteiger partial charge in [-0.3, -0.25) is 4.79 Å². The van der Waals surface area contributed by atoms with Crippen molar-refractivity contribution in [2.24, 2.45) is 0 Å². The fourth-order valence-corrected chi connectivity index (χ4v) is 1.60. The summed E-state index contributed by atoms with van der Waals surface area (Å²) in [6.07, 6.45) is 0.337. The van der Waals surface area contributed by atoms with E-state index < -0.39 is 12.6 Å². The summed E-state index contributed by atoms with van der Waals surface area (Å²) in [5.41, 5.74) is 1.09. The summed E-state index contributed by atoms with van der Waals surface area (Å²) < 4.78 is 23.0. The van der Waals surface area contributed by atoms with Gasteiger partial charge in [-0.05, 0) is 24.1 Å². The van der Waals surface area contributed by atoms with Crippen LogP contribution in [0.3, 0.4) is 0 Å². The summed E-state index contributed by atoms with van der Waals surface area (Å²) in [7, 11) is 2.90. The second-order valence-corrected chi connectivity index (χ2v) is 3.52. The van der Waals surface area contributed by atoms with Gasteiger partial charge in [-0.15, -0.1) is 0 Å². The highest BCUT2D eigenvalue weighted by molar-refractivity contribution is 5.67. The summed E-state index contributed by atoms with van der Waals surface area (Å²) in [4.78, 5) is 10.5. The van der Waals surface area contributed by atoms with E-state index in [0.717, 1.165) is 5.56 Å². The molecule has 0 unspecified atom stereocenters. The monoisotopic (exact) mass is 242 g/mol. The van der Waals surface area contributed by atoms with Crippen LogP contribution < -0.4 is 9.47 Å². The van der Waals surface area contributed by atoms with E-state index in [4.69, 9.17) is 14.6 Å². The minimum absolute atomic E-state index is 0.00120. The number of aliphatic carboxylic acids is 1. The van der Waals surface area contributed by atoms with Gasteiger partial charge in [0.15, 0.2) is 11.5 Å². The van der Waals surface area contributed by atoms with Crippen molar-refractivity contribution >= 4 is 5.97 Å². The molecule has 0 heterocycles. The van der Waals surface area contributed by atoms with E-state index in [9.17, 15) is 9.18 Å². The van der Waals surface area contributed by atoms with Gasteiger partial charge in [-0.2, -0.15) is 0 Å². The summed E-state index contributed by atoms with van der Waals surface area (Å²) in [5.74, 6) is -0.112.